The third-order valence-electron chi connectivity index (χ3n) is 2.96. The van der Waals surface area contributed by atoms with Crippen LogP contribution in [0.2, 0.25) is 0 Å². The molecule has 1 aliphatic rings. The van der Waals surface area contributed by atoms with Crippen molar-refractivity contribution < 1.29 is 5.11 Å². The van der Waals surface area contributed by atoms with Gasteiger partial charge >= 0.3 is 0 Å². The Balaban J connectivity index is 2.34. The van der Waals surface area contributed by atoms with Crippen LogP contribution in [0.3, 0.4) is 0 Å². The van der Waals surface area contributed by atoms with E-state index in [-0.39, 0.29) is 0 Å². The van der Waals surface area contributed by atoms with E-state index in [0.29, 0.717) is 24.6 Å². The van der Waals surface area contributed by atoms with E-state index < -0.39 is 0 Å². The highest BCUT2D eigenvalue weighted by atomic mass is 16.3. The number of hydrogen-bond acceptors (Lipinski definition) is 2. The molecular weight excluding hydrogens is 162 g/mol. The highest BCUT2D eigenvalue weighted by Gasteiger charge is 2.22. The molecule has 1 unspecified atom stereocenters. The maximum atomic E-state index is 9.26. The van der Waals surface area contributed by atoms with Gasteiger partial charge in [-0.05, 0) is 18.8 Å². The van der Waals surface area contributed by atoms with Crippen molar-refractivity contribution in [1.82, 2.24) is 5.32 Å². The molecule has 0 aromatic carbocycles. The van der Waals surface area contributed by atoms with Crippen molar-refractivity contribution in [3.8, 4) is 0 Å². The molecule has 2 heteroatoms. The summed E-state index contributed by atoms with van der Waals surface area (Å²) in [5, 5.41) is 12.7. The Bertz CT molecular complexity index is 130. The maximum absolute atomic E-state index is 9.26. The third kappa shape index (κ3) is 3.65. The lowest BCUT2D eigenvalue weighted by atomic mass is 9.84. The van der Waals surface area contributed by atoms with E-state index in [4.69, 9.17) is 0 Å². The van der Waals surface area contributed by atoms with Gasteiger partial charge in [0.25, 0.3) is 0 Å². The van der Waals surface area contributed by atoms with Crippen molar-refractivity contribution in [3.63, 3.8) is 0 Å². The first-order valence-corrected chi connectivity index (χ1v) is 5.61. The smallest absolute Gasteiger partial charge is 0.0587 e. The lowest BCUT2D eigenvalue weighted by Crippen LogP contribution is -2.43. The van der Waals surface area contributed by atoms with Crippen LogP contribution in [0.25, 0.3) is 0 Å². The summed E-state index contributed by atoms with van der Waals surface area (Å²) in [6.07, 6.45) is 6.67. The van der Waals surface area contributed by atoms with Crippen LogP contribution >= 0.6 is 0 Å². The molecule has 2 N–H and O–H groups in total. The molecule has 1 fully saturated rings. The van der Waals surface area contributed by atoms with Gasteiger partial charge in [-0.15, -0.1) is 0 Å². The number of nitrogens with one attached hydrogen (secondary N) is 1. The summed E-state index contributed by atoms with van der Waals surface area (Å²) >= 11 is 0. The number of aliphatic hydroxyl groups excluding tert-OH is 1. The molecule has 0 aromatic rings. The Morgan fingerprint density at radius 1 is 1.23 bits per heavy atom. The summed E-state index contributed by atoms with van der Waals surface area (Å²) in [5.74, 6) is 0.709. The van der Waals surface area contributed by atoms with Gasteiger partial charge in [0.2, 0.25) is 0 Å². The van der Waals surface area contributed by atoms with Crippen molar-refractivity contribution in [2.45, 2.75) is 58.0 Å². The second-order valence-electron chi connectivity index (χ2n) is 4.51. The van der Waals surface area contributed by atoms with Gasteiger partial charge in [0, 0.05) is 12.1 Å². The van der Waals surface area contributed by atoms with Crippen LogP contribution in [0.15, 0.2) is 0 Å². The number of aliphatic hydroxyl groups is 1. The Kier molecular flexibility index (Phi) is 4.74. The summed E-state index contributed by atoms with van der Waals surface area (Å²) in [6, 6.07) is 0.819. The topological polar surface area (TPSA) is 32.3 Å². The second-order valence-corrected chi connectivity index (χ2v) is 4.51. The molecule has 0 heterocycles. The largest absolute Gasteiger partial charge is 0.395 e. The van der Waals surface area contributed by atoms with E-state index in [1.165, 1.54) is 32.1 Å². The molecule has 0 amide bonds. The molecule has 0 aliphatic heterocycles. The average Bonchev–Trinajstić information content (AvgIpc) is 2.15. The zero-order valence-electron chi connectivity index (χ0n) is 8.92. The number of hydrogen-bond donors (Lipinski definition) is 2. The monoisotopic (exact) mass is 185 g/mol. The van der Waals surface area contributed by atoms with E-state index >= 15 is 0 Å². The van der Waals surface area contributed by atoms with Crippen molar-refractivity contribution in [3.05, 3.63) is 0 Å². The van der Waals surface area contributed by atoms with E-state index in [1.54, 1.807) is 0 Å². The lowest BCUT2D eigenvalue weighted by molar-refractivity contribution is 0.164. The fraction of sp³-hybridized carbons (Fsp3) is 1.00. The first kappa shape index (κ1) is 11.0. The summed E-state index contributed by atoms with van der Waals surface area (Å²) in [6.45, 7) is 4.58. The maximum Gasteiger partial charge on any atom is 0.0587 e. The van der Waals surface area contributed by atoms with E-state index in [1.807, 2.05) is 0 Å². The van der Waals surface area contributed by atoms with Gasteiger partial charge in [-0.25, -0.2) is 0 Å². The van der Waals surface area contributed by atoms with Crippen LogP contribution in [-0.2, 0) is 0 Å². The molecule has 0 spiro atoms. The molecule has 2 nitrogen and oxygen atoms in total. The fourth-order valence-corrected chi connectivity index (χ4v) is 2.30. The van der Waals surface area contributed by atoms with E-state index in [0.717, 1.165) is 0 Å². The van der Waals surface area contributed by atoms with Crippen molar-refractivity contribution in [2.24, 2.45) is 5.92 Å². The van der Waals surface area contributed by atoms with Gasteiger partial charge in [0.1, 0.15) is 0 Å². The Morgan fingerprint density at radius 3 is 2.31 bits per heavy atom. The van der Waals surface area contributed by atoms with Gasteiger partial charge in [-0.2, -0.15) is 0 Å². The molecule has 1 atom stereocenters. The first-order valence-electron chi connectivity index (χ1n) is 5.61. The standard InChI is InChI=1S/C11H23NO/c1-9(2)12-11(8-13)10-6-4-3-5-7-10/h9-13H,3-8H2,1-2H3. The van der Waals surface area contributed by atoms with Crippen molar-refractivity contribution in [2.75, 3.05) is 6.61 Å². The normalized spacial score (nSPS) is 22.2. The Labute approximate surface area is 81.7 Å². The minimum atomic E-state index is 0.294. The summed E-state index contributed by atoms with van der Waals surface area (Å²) in [7, 11) is 0. The SMILES string of the molecule is CC(C)NC(CO)C1CCCCC1. The number of rotatable bonds is 4. The minimum absolute atomic E-state index is 0.294. The molecular formula is C11H23NO. The van der Waals surface area contributed by atoms with E-state index in [9.17, 15) is 5.11 Å². The fourth-order valence-electron chi connectivity index (χ4n) is 2.30. The quantitative estimate of drug-likeness (QED) is 0.701. The summed E-state index contributed by atoms with van der Waals surface area (Å²) in [5.41, 5.74) is 0. The van der Waals surface area contributed by atoms with E-state index in [2.05, 4.69) is 19.2 Å². The zero-order chi connectivity index (χ0) is 9.68. The van der Waals surface area contributed by atoms with Crippen LogP contribution in [0.1, 0.15) is 46.0 Å². The molecule has 1 aliphatic carbocycles. The minimum Gasteiger partial charge on any atom is -0.395 e. The van der Waals surface area contributed by atoms with Gasteiger partial charge in [0.05, 0.1) is 6.61 Å². The van der Waals surface area contributed by atoms with Crippen LogP contribution in [-0.4, -0.2) is 23.8 Å². The Morgan fingerprint density at radius 2 is 1.85 bits per heavy atom. The summed E-state index contributed by atoms with van der Waals surface area (Å²) < 4.78 is 0. The highest BCUT2D eigenvalue weighted by Crippen LogP contribution is 2.26. The van der Waals surface area contributed by atoms with Crippen LogP contribution in [0, 0.1) is 5.92 Å². The predicted octanol–water partition coefficient (Wildman–Crippen LogP) is 1.93. The second kappa shape index (κ2) is 5.61. The average molecular weight is 185 g/mol. The molecule has 0 aromatic heterocycles. The molecule has 13 heavy (non-hydrogen) atoms. The first-order chi connectivity index (χ1) is 6.24. The van der Waals surface area contributed by atoms with Crippen molar-refractivity contribution in [1.29, 1.82) is 0 Å². The van der Waals surface area contributed by atoms with Crippen LogP contribution in [0.4, 0.5) is 0 Å². The highest BCUT2D eigenvalue weighted by molar-refractivity contribution is 4.79. The van der Waals surface area contributed by atoms with Gasteiger partial charge in [0.15, 0.2) is 0 Å². The summed E-state index contributed by atoms with van der Waals surface area (Å²) in [4.78, 5) is 0. The molecule has 0 radical (unpaired) electrons. The zero-order valence-corrected chi connectivity index (χ0v) is 8.92. The third-order valence-corrected chi connectivity index (χ3v) is 2.96. The van der Waals surface area contributed by atoms with Crippen LogP contribution in [0.5, 0.6) is 0 Å². The van der Waals surface area contributed by atoms with Gasteiger partial charge < -0.3 is 10.4 Å². The lowest BCUT2D eigenvalue weighted by Gasteiger charge is -2.31. The van der Waals surface area contributed by atoms with Crippen LogP contribution < -0.4 is 5.32 Å². The van der Waals surface area contributed by atoms with Gasteiger partial charge in [-0.3, -0.25) is 0 Å². The predicted molar refractivity (Wildman–Crippen MR) is 55.7 cm³/mol. The van der Waals surface area contributed by atoms with Crippen molar-refractivity contribution >= 4 is 0 Å². The molecule has 1 saturated carbocycles. The Hall–Kier alpha value is -0.0800. The molecule has 1 rings (SSSR count). The molecule has 0 saturated heterocycles. The molecule has 78 valence electrons. The van der Waals surface area contributed by atoms with Gasteiger partial charge in [-0.1, -0.05) is 33.1 Å². The molecule has 0 bridgehead atoms.